The van der Waals surface area contributed by atoms with Crippen molar-refractivity contribution in [1.29, 1.82) is 0 Å². The Morgan fingerprint density at radius 2 is 1.92 bits per heavy atom. The van der Waals surface area contributed by atoms with Crippen LogP contribution in [0.5, 0.6) is 0 Å². The number of aromatic amines is 1. The molecule has 10 heteroatoms. The van der Waals surface area contributed by atoms with E-state index >= 15 is 0 Å². The van der Waals surface area contributed by atoms with Crippen LogP contribution in [0.2, 0.25) is 6.82 Å². The van der Waals surface area contributed by atoms with Crippen molar-refractivity contribution in [2.24, 2.45) is 0 Å². The maximum Gasteiger partial charge on any atom is 0.376 e. The van der Waals surface area contributed by atoms with Crippen LogP contribution in [0.25, 0.3) is 11.2 Å². The molecule has 0 amide bonds. The summed E-state index contributed by atoms with van der Waals surface area (Å²) < 4.78 is 27.1. The van der Waals surface area contributed by atoms with Gasteiger partial charge in [0.25, 0.3) is 0 Å². The molecule has 0 aromatic carbocycles. The highest BCUT2D eigenvalue weighted by molar-refractivity contribution is 7.89. The van der Waals surface area contributed by atoms with Crippen LogP contribution in [0.15, 0.2) is 18.6 Å². The monoisotopic (exact) mass is 363 g/mol. The number of rotatable bonds is 4. The number of nitrogens with zero attached hydrogens (tertiary/aromatic N) is 4. The van der Waals surface area contributed by atoms with E-state index in [0.717, 1.165) is 29.6 Å². The summed E-state index contributed by atoms with van der Waals surface area (Å²) in [6, 6.07) is 0. The lowest BCUT2D eigenvalue weighted by Crippen LogP contribution is -2.62. The van der Waals surface area contributed by atoms with Crippen LogP contribution < -0.4 is 0 Å². The first kappa shape index (κ1) is 17.0. The third-order valence-corrected chi connectivity index (χ3v) is 7.64. The Balaban J connectivity index is 1.42. The van der Waals surface area contributed by atoms with E-state index in [4.69, 9.17) is 0 Å². The van der Waals surface area contributed by atoms with Gasteiger partial charge in [-0.15, -0.1) is 0 Å². The summed E-state index contributed by atoms with van der Waals surface area (Å²) in [6.07, 6.45) is 6.87. The van der Waals surface area contributed by atoms with Crippen LogP contribution in [0.1, 0.15) is 24.3 Å². The maximum absolute atomic E-state index is 12.7. The molecule has 0 radical (unpaired) electrons. The van der Waals surface area contributed by atoms with E-state index in [1.54, 1.807) is 28.3 Å². The Kier molecular flexibility index (Phi) is 4.31. The number of fused-ring (bicyclic) bond motifs is 1. The van der Waals surface area contributed by atoms with E-state index in [-0.39, 0.29) is 0 Å². The average Bonchev–Trinajstić information content (AvgIpc) is 2.97. The van der Waals surface area contributed by atoms with E-state index in [1.807, 2.05) is 6.20 Å². The minimum absolute atomic E-state index is 0.298. The Labute approximate surface area is 147 Å². The van der Waals surface area contributed by atoms with E-state index in [0.29, 0.717) is 32.1 Å². The van der Waals surface area contributed by atoms with Gasteiger partial charge in [-0.05, 0) is 25.6 Å². The number of hydrogen-bond donors (Lipinski definition) is 2. The fourth-order valence-electron chi connectivity index (χ4n) is 3.78. The van der Waals surface area contributed by atoms with Gasteiger partial charge in [-0.25, -0.2) is 17.7 Å². The van der Waals surface area contributed by atoms with Gasteiger partial charge in [0.15, 0.2) is 5.65 Å². The predicted octanol–water partition coefficient (Wildman–Crippen LogP) is 0.262. The fourth-order valence-corrected chi connectivity index (χ4v) is 5.68. The average molecular weight is 363 g/mol. The zero-order chi connectivity index (χ0) is 17.6. The molecule has 0 atom stereocenters. The Hall–Kier alpha value is -1.49. The highest BCUT2D eigenvalue weighted by Crippen LogP contribution is 2.33. The van der Waals surface area contributed by atoms with Crippen LogP contribution >= 0.6 is 0 Å². The lowest BCUT2D eigenvalue weighted by Gasteiger charge is -2.42. The highest BCUT2D eigenvalue weighted by Gasteiger charge is 2.43. The molecule has 0 spiro atoms. The molecule has 2 aromatic heterocycles. The van der Waals surface area contributed by atoms with Gasteiger partial charge in [0, 0.05) is 50.3 Å². The molecule has 25 heavy (non-hydrogen) atoms. The normalized spacial score (nSPS) is 21.5. The molecule has 4 heterocycles. The minimum Gasteiger partial charge on any atom is -0.437 e. The van der Waals surface area contributed by atoms with Crippen molar-refractivity contribution in [3.05, 3.63) is 24.2 Å². The van der Waals surface area contributed by atoms with Gasteiger partial charge < -0.3 is 14.8 Å². The summed E-state index contributed by atoms with van der Waals surface area (Å²) in [5.74, 6) is 0.298. The molecule has 2 aromatic rings. The van der Waals surface area contributed by atoms with Crippen molar-refractivity contribution in [1.82, 2.24) is 24.1 Å². The van der Waals surface area contributed by atoms with Crippen molar-refractivity contribution >= 4 is 28.2 Å². The Morgan fingerprint density at radius 1 is 1.24 bits per heavy atom. The topological polar surface area (TPSA) is 102 Å². The standard InChI is InChI=1S/C15H22BN5O3S/c1-16(22)20-9-12(10-20)25(23,24)21-6-2-11(3-7-21)13-8-19-15-14(13)17-4-5-18-15/h4-5,8,11-12,22H,2-3,6-7,9-10H2,1H3,(H,18,19). The number of piperidine rings is 1. The largest absolute Gasteiger partial charge is 0.437 e. The summed E-state index contributed by atoms with van der Waals surface area (Å²) in [5, 5.41) is 9.11. The summed E-state index contributed by atoms with van der Waals surface area (Å²) in [6.45, 7) is 3.56. The Bertz CT molecular complexity index is 857. The van der Waals surface area contributed by atoms with Crippen molar-refractivity contribution in [3.8, 4) is 0 Å². The van der Waals surface area contributed by atoms with Gasteiger partial charge >= 0.3 is 7.05 Å². The third-order valence-electron chi connectivity index (χ3n) is 5.42. The van der Waals surface area contributed by atoms with Crippen LogP contribution in [0, 0.1) is 0 Å². The summed E-state index contributed by atoms with van der Waals surface area (Å²) in [4.78, 5) is 13.6. The molecule has 8 nitrogen and oxygen atoms in total. The molecule has 0 bridgehead atoms. The second-order valence-electron chi connectivity index (χ2n) is 6.92. The predicted molar refractivity (Wildman–Crippen MR) is 95.6 cm³/mol. The number of aromatic nitrogens is 3. The van der Waals surface area contributed by atoms with Gasteiger partial charge in [-0.2, -0.15) is 0 Å². The molecule has 4 rings (SSSR count). The fraction of sp³-hybridized carbons (Fsp3) is 0.600. The molecular formula is C15H22BN5O3S. The molecule has 2 aliphatic rings. The van der Waals surface area contributed by atoms with Crippen molar-refractivity contribution < 1.29 is 13.4 Å². The Morgan fingerprint density at radius 3 is 2.60 bits per heavy atom. The quantitative estimate of drug-likeness (QED) is 0.756. The zero-order valence-electron chi connectivity index (χ0n) is 14.2. The molecule has 0 saturated carbocycles. The van der Waals surface area contributed by atoms with Gasteiger partial charge in [-0.1, -0.05) is 0 Å². The molecule has 2 N–H and O–H groups in total. The molecule has 0 unspecified atom stereocenters. The molecule has 134 valence electrons. The van der Waals surface area contributed by atoms with Crippen LogP contribution in [-0.4, -0.2) is 76.0 Å². The van der Waals surface area contributed by atoms with Crippen molar-refractivity contribution in [2.75, 3.05) is 26.2 Å². The summed E-state index contributed by atoms with van der Waals surface area (Å²) in [7, 11) is -3.86. The summed E-state index contributed by atoms with van der Waals surface area (Å²) in [5.41, 5.74) is 2.79. The number of nitrogens with one attached hydrogen (secondary N) is 1. The first-order valence-electron chi connectivity index (χ1n) is 8.66. The second-order valence-corrected chi connectivity index (χ2v) is 9.14. The molecule has 2 fully saturated rings. The van der Waals surface area contributed by atoms with E-state index in [2.05, 4.69) is 15.0 Å². The zero-order valence-corrected chi connectivity index (χ0v) is 15.0. The number of hydrogen-bond acceptors (Lipinski definition) is 6. The smallest absolute Gasteiger partial charge is 0.376 e. The molecule has 0 aliphatic carbocycles. The minimum atomic E-state index is -3.28. The first-order chi connectivity index (χ1) is 12.0. The lowest BCUT2D eigenvalue weighted by atomic mass is 9.81. The summed E-state index contributed by atoms with van der Waals surface area (Å²) >= 11 is 0. The van der Waals surface area contributed by atoms with Gasteiger partial charge in [0.1, 0.15) is 5.52 Å². The highest BCUT2D eigenvalue weighted by atomic mass is 32.2. The van der Waals surface area contributed by atoms with Gasteiger partial charge in [-0.3, -0.25) is 4.98 Å². The van der Waals surface area contributed by atoms with Gasteiger partial charge in [0.05, 0.1) is 5.25 Å². The SMILES string of the molecule is CB(O)N1CC(S(=O)(=O)N2CCC(c3c[nH]c4nccnc34)CC2)C1. The van der Waals surface area contributed by atoms with E-state index in [1.165, 1.54) is 0 Å². The van der Waals surface area contributed by atoms with E-state index in [9.17, 15) is 13.4 Å². The van der Waals surface area contributed by atoms with E-state index < -0.39 is 22.3 Å². The lowest BCUT2D eigenvalue weighted by molar-refractivity contribution is 0.254. The van der Waals surface area contributed by atoms with Crippen LogP contribution in [-0.2, 0) is 10.0 Å². The molecular weight excluding hydrogens is 341 g/mol. The van der Waals surface area contributed by atoms with Gasteiger partial charge in [0.2, 0.25) is 10.0 Å². The van der Waals surface area contributed by atoms with Crippen molar-refractivity contribution in [2.45, 2.75) is 30.8 Å². The van der Waals surface area contributed by atoms with Crippen molar-refractivity contribution in [3.63, 3.8) is 0 Å². The second kappa shape index (κ2) is 6.35. The third kappa shape index (κ3) is 2.97. The number of H-pyrrole nitrogens is 1. The maximum atomic E-state index is 12.7. The molecule has 2 aliphatic heterocycles. The van der Waals surface area contributed by atoms with Crippen LogP contribution in [0.3, 0.4) is 0 Å². The molecule has 2 saturated heterocycles. The van der Waals surface area contributed by atoms with Crippen LogP contribution in [0.4, 0.5) is 0 Å². The number of sulfonamides is 1. The first-order valence-corrected chi connectivity index (χ1v) is 10.2.